The van der Waals surface area contributed by atoms with E-state index in [9.17, 15) is 19.8 Å². The summed E-state index contributed by atoms with van der Waals surface area (Å²) in [6.07, 6.45) is 9.84. The molecule has 6 aromatic rings. The molecular formula is C61H76N12O7S. The van der Waals surface area contributed by atoms with E-state index in [2.05, 4.69) is 62.4 Å². The molecule has 20 heteroatoms. The third kappa shape index (κ3) is 11.8. The Morgan fingerprint density at radius 3 is 2.31 bits per heavy atom. The van der Waals surface area contributed by atoms with Crippen molar-refractivity contribution in [2.75, 3.05) is 72.8 Å². The van der Waals surface area contributed by atoms with Crippen LogP contribution in [0, 0.1) is 18.8 Å². The molecule has 5 saturated heterocycles. The van der Waals surface area contributed by atoms with Gasteiger partial charge in [-0.15, -0.1) is 21.5 Å². The molecule has 2 amide bonds. The topological polar surface area (TPSA) is 225 Å². The number of para-hydroxylation sites is 1. The van der Waals surface area contributed by atoms with Crippen LogP contribution in [-0.2, 0) is 14.3 Å². The number of rotatable bonds is 17. The number of hydrogen-bond acceptors (Lipinski definition) is 18. The number of aromatic nitrogens is 5. The number of aliphatic hydroxyl groups excluding tert-OH is 1. The number of thiazole rings is 1. The summed E-state index contributed by atoms with van der Waals surface area (Å²) >= 11 is 1.60. The number of phenolic OH excluding ortho intramolecular Hbond substituents is 1. The Labute approximate surface area is 477 Å². The number of nitrogens with two attached hydrogens (primary N) is 1. The van der Waals surface area contributed by atoms with Gasteiger partial charge in [-0.1, -0.05) is 55.4 Å². The van der Waals surface area contributed by atoms with Gasteiger partial charge in [0.05, 0.1) is 51.8 Å². The maximum atomic E-state index is 14.4. The molecule has 2 bridgehead atoms. The van der Waals surface area contributed by atoms with E-state index in [1.54, 1.807) is 23.5 Å². The predicted molar refractivity (Wildman–Crippen MR) is 311 cm³/mol. The third-order valence-electron chi connectivity index (χ3n) is 17.9. The number of phenols is 1. The minimum atomic E-state index is -0.803. The van der Waals surface area contributed by atoms with Gasteiger partial charge >= 0.3 is 0 Å². The highest BCUT2D eigenvalue weighted by Gasteiger charge is 2.45. The average molecular weight is 1120 g/mol. The minimum Gasteiger partial charge on any atom is -0.507 e. The van der Waals surface area contributed by atoms with Gasteiger partial charge in [0.2, 0.25) is 17.7 Å². The van der Waals surface area contributed by atoms with Crippen LogP contribution in [0.1, 0.15) is 108 Å². The van der Waals surface area contributed by atoms with Crippen LogP contribution in [0.5, 0.6) is 11.6 Å². The maximum absolute atomic E-state index is 14.4. The molecule has 5 N–H and O–H groups in total. The zero-order valence-electron chi connectivity index (χ0n) is 46.8. The molecule has 19 nitrogen and oxygen atoms in total. The first-order valence-corrected chi connectivity index (χ1v) is 30.1. The van der Waals surface area contributed by atoms with Gasteiger partial charge < -0.3 is 59.8 Å². The van der Waals surface area contributed by atoms with Gasteiger partial charge in [-0.3, -0.25) is 9.59 Å². The Morgan fingerprint density at radius 1 is 0.840 bits per heavy atom. The fourth-order valence-corrected chi connectivity index (χ4v) is 14.2. The van der Waals surface area contributed by atoms with E-state index in [0.717, 1.165) is 136 Å². The van der Waals surface area contributed by atoms with E-state index in [0.29, 0.717) is 46.7 Å². The van der Waals surface area contributed by atoms with Crippen molar-refractivity contribution < 1.29 is 33.8 Å². The van der Waals surface area contributed by atoms with Gasteiger partial charge in [0.15, 0.2) is 17.4 Å². The summed E-state index contributed by atoms with van der Waals surface area (Å²) in [5, 5.41) is 37.5. The highest BCUT2D eigenvalue weighted by atomic mass is 32.1. The van der Waals surface area contributed by atoms with Crippen LogP contribution < -0.4 is 30.5 Å². The lowest BCUT2D eigenvalue weighted by atomic mass is 9.91. The number of likely N-dealkylation sites (tertiary alicyclic amines) is 2. The van der Waals surface area contributed by atoms with Gasteiger partial charge in [-0.2, -0.15) is 0 Å². The lowest BCUT2D eigenvalue weighted by molar-refractivity contribution is -0.141. The number of nitrogens with one attached hydrogen (secondary N) is 1. The molecule has 9 heterocycles. The van der Waals surface area contributed by atoms with E-state index >= 15 is 0 Å². The monoisotopic (exact) mass is 1120 g/mol. The SMILES string of the molecule is Cc1ncsc1-c1ccc([C@H](C)NC(=O)[C@@H]2C[C@@H](O)CN2C(=O)[C@@H](c2cc(N3CCC(CN4CCC(OC5CC(Oc6cc(N7C8CC[C@@H]7CN(c7cc(-c9ccccc9O)nnc7N)C8)ccn6)C5)CC4)CC3)no2)C(C)C)cc1. The molecular weight excluding hydrogens is 1040 g/mol. The number of aromatic hydroxyl groups is 1. The number of aryl methyl sites for hydroxylation is 1. The van der Waals surface area contributed by atoms with Crippen molar-refractivity contribution in [1.82, 2.24) is 40.4 Å². The van der Waals surface area contributed by atoms with Crippen molar-refractivity contribution in [3.8, 4) is 33.3 Å². The van der Waals surface area contributed by atoms with Crippen LogP contribution in [0.2, 0.25) is 0 Å². The molecule has 0 spiro atoms. The summed E-state index contributed by atoms with van der Waals surface area (Å²) in [5.41, 5.74) is 14.5. The number of nitrogen functional groups attached to an aromatic ring is 1. The number of fused-ring (bicyclic) bond motifs is 2. The summed E-state index contributed by atoms with van der Waals surface area (Å²) in [6.45, 7) is 14.4. The number of anilines is 4. The normalized spacial score (nSPS) is 24.4. The summed E-state index contributed by atoms with van der Waals surface area (Å²) < 4.78 is 19.1. The van der Waals surface area contributed by atoms with Crippen LogP contribution in [0.15, 0.2) is 89.0 Å². The number of nitrogens with zero attached hydrogens (tertiary/aromatic N) is 10. The Hall–Kier alpha value is -6.87. The van der Waals surface area contributed by atoms with E-state index in [1.165, 1.54) is 4.90 Å². The van der Waals surface area contributed by atoms with Crippen molar-refractivity contribution in [3.05, 3.63) is 102 Å². The number of aliphatic hydroxyl groups is 1. The second-order valence-corrected chi connectivity index (χ2v) is 24.6. The first-order chi connectivity index (χ1) is 39.3. The van der Waals surface area contributed by atoms with Crippen molar-refractivity contribution in [2.24, 2.45) is 11.8 Å². The largest absolute Gasteiger partial charge is 0.507 e. The summed E-state index contributed by atoms with van der Waals surface area (Å²) in [5.74, 6) is 1.72. The summed E-state index contributed by atoms with van der Waals surface area (Å²) in [6, 6.07) is 22.8. The number of β-amino-alcohol motifs (C(OH)–C–C–N with tert-alkyl or cyclic N) is 1. The molecule has 1 aliphatic carbocycles. The molecule has 428 valence electrons. The summed E-state index contributed by atoms with van der Waals surface area (Å²) in [7, 11) is 0. The number of benzene rings is 2. The number of carbonyl (C=O) groups is 2. The zero-order chi connectivity index (χ0) is 55.9. The second kappa shape index (κ2) is 23.5. The minimum absolute atomic E-state index is 0.0845. The number of amides is 2. The molecule has 2 aromatic carbocycles. The molecule has 6 atom stereocenters. The van der Waals surface area contributed by atoms with Gasteiger partial charge in [0.25, 0.3) is 0 Å². The van der Waals surface area contributed by atoms with Gasteiger partial charge in [-0.05, 0) is 99.6 Å². The van der Waals surface area contributed by atoms with E-state index in [4.69, 9.17) is 19.7 Å². The average Bonchev–Trinajstić information content (AvgIpc) is 4.28. The van der Waals surface area contributed by atoms with E-state index in [-0.39, 0.29) is 60.8 Å². The first-order valence-electron chi connectivity index (χ1n) is 29.2. The van der Waals surface area contributed by atoms with Gasteiger partial charge in [0.1, 0.15) is 23.8 Å². The number of hydrogen-bond donors (Lipinski definition) is 4. The highest BCUT2D eigenvalue weighted by molar-refractivity contribution is 7.13. The lowest BCUT2D eigenvalue weighted by Crippen LogP contribution is -2.54. The van der Waals surface area contributed by atoms with Crippen molar-refractivity contribution in [3.63, 3.8) is 0 Å². The Bertz CT molecular complexity index is 3140. The molecule has 12 rings (SSSR count). The van der Waals surface area contributed by atoms with Crippen LogP contribution in [0.25, 0.3) is 21.7 Å². The summed E-state index contributed by atoms with van der Waals surface area (Å²) in [4.78, 5) is 49.6. The standard InChI is InChI=1S/C61H76N12O7S/c1-36(2)57(61(77)72-34-45(74)26-52(72)60(76)65-37(3)40-9-11-41(12-10-40)58-38(4)64-35-81-58)54-30-55(68-80-54)70-23-16-39(17-24-70)31-69-21-18-46(19-22-69)78-47-27-48(28-47)79-56-25-42(15-20-63-56)73-43-13-14-44(73)33-71(32-43)51-29-50(66-67-59(51)62)49-7-5-6-8-53(49)75/h5-12,15,20,25,29-30,35-37,39,43-48,52,57,74-75H,13-14,16-19,21-24,26-28,31-34H2,1-4H3,(H2,62,67)(H,65,76)/t37-,43+,44?,45+,47?,48?,52-,57+/m0/s1. The number of piperidine rings is 2. The molecule has 6 fully saturated rings. The number of carbonyl (C=O) groups excluding carboxylic acids is 2. The fraction of sp³-hybridized carbons (Fsp3) is 0.525. The third-order valence-corrected chi connectivity index (χ3v) is 18.9. The molecule has 6 aliphatic rings. The van der Waals surface area contributed by atoms with Crippen molar-refractivity contribution in [2.45, 2.75) is 140 Å². The molecule has 5 aliphatic heterocycles. The van der Waals surface area contributed by atoms with E-state index < -0.39 is 18.1 Å². The molecule has 0 radical (unpaired) electrons. The first kappa shape index (κ1) is 54.7. The number of piperazine rings is 1. The van der Waals surface area contributed by atoms with Crippen LogP contribution in [-0.4, -0.2) is 152 Å². The van der Waals surface area contributed by atoms with Gasteiger partial charge in [-0.25, -0.2) is 9.97 Å². The predicted octanol–water partition coefficient (Wildman–Crippen LogP) is 7.99. The highest BCUT2D eigenvalue weighted by Crippen LogP contribution is 2.41. The van der Waals surface area contributed by atoms with Gasteiger partial charge in [0, 0.05) is 113 Å². The Morgan fingerprint density at radius 2 is 1.59 bits per heavy atom. The zero-order valence-corrected chi connectivity index (χ0v) is 47.7. The molecule has 1 saturated carbocycles. The van der Waals surface area contributed by atoms with E-state index in [1.807, 2.05) is 87.9 Å². The van der Waals surface area contributed by atoms with Crippen molar-refractivity contribution >= 4 is 46.2 Å². The molecule has 1 unspecified atom stereocenters. The number of pyridine rings is 1. The lowest BCUT2D eigenvalue weighted by Gasteiger charge is -2.43. The smallest absolute Gasteiger partial charge is 0.243 e. The second-order valence-electron chi connectivity index (χ2n) is 23.8. The Kier molecular flexibility index (Phi) is 15.9. The van der Waals surface area contributed by atoms with Crippen molar-refractivity contribution in [1.29, 1.82) is 0 Å². The fourth-order valence-electron chi connectivity index (χ4n) is 13.4. The van der Waals surface area contributed by atoms with Crippen LogP contribution >= 0.6 is 11.3 Å². The Balaban J connectivity index is 0.564. The molecule has 4 aromatic heterocycles. The number of ether oxygens (including phenoxy) is 2. The van der Waals surface area contributed by atoms with Crippen LogP contribution in [0.4, 0.5) is 23.0 Å². The molecule has 81 heavy (non-hydrogen) atoms. The maximum Gasteiger partial charge on any atom is 0.243 e. The van der Waals surface area contributed by atoms with Crippen LogP contribution in [0.3, 0.4) is 0 Å². The quantitative estimate of drug-likeness (QED) is 0.0679.